The first-order valence-corrected chi connectivity index (χ1v) is 16.6. The van der Waals surface area contributed by atoms with Gasteiger partial charge in [-0.05, 0) is 61.1 Å². The molecule has 52 heavy (non-hydrogen) atoms. The van der Waals surface area contributed by atoms with Gasteiger partial charge in [-0.25, -0.2) is 34.9 Å². The van der Waals surface area contributed by atoms with Crippen LogP contribution in [0.1, 0.15) is 48.5 Å². The van der Waals surface area contributed by atoms with Crippen LogP contribution in [0, 0.1) is 0 Å². The Bertz CT molecular complexity index is 2210. The summed E-state index contributed by atoms with van der Waals surface area (Å²) in [6.45, 7) is 0.535. The van der Waals surface area contributed by atoms with E-state index in [-0.39, 0.29) is 57.4 Å². The topological polar surface area (TPSA) is 133 Å². The van der Waals surface area contributed by atoms with Gasteiger partial charge < -0.3 is 24.5 Å². The normalized spacial score (nSPS) is 14.7. The Hall–Kier alpha value is -4.97. The van der Waals surface area contributed by atoms with E-state index in [4.69, 9.17) is 27.9 Å². The summed E-state index contributed by atoms with van der Waals surface area (Å²) in [6.07, 6.45) is -2.76. The third kappa shape index (κ3) is 8.22. The molecule has 0 unspecified atom stereocenters. The monoisotopic (exact) mass is 765 g/mol. The lowest BCUT2D eigenvalue weighted by Crippen LogP contribution is -2.15. The van der Waals surface area contributed by atoms with E-state index in [2.05, 4.69) is 45.5 Å². The van der Waals surface area contributed by atoms with Crippen molar-refractivity contribution in [3.63, 3.8) is 0 Å². The molecule has 8 rings (SSSR count). The van der Waals surface area contributed by atoms with Gasteiger partial charge >= 0.3 is 12.4 Å². The average molecular weight is 767 g/mol. The molecule has 20 heteroatoms. The zero-order valence-electron chi connectivity index (χ0n) is 27.0. The standard InChI is InChI=1S/C17H16F3N5O.C15H11Cl2F3N6/c1-26-12-6-2-10(3-7-12)8-25-9-21-13-14(22-11-4-5-11)23-16(17(18,19)20)24-15(13)25;16-9-3-7(4-10(17)23-9)5-26-6-21-11-12(22-8-1-2-8)24-14(15(18,19)20)25-13(11)26/h2-3,6-7,9,11H,4-5,8H2,1H3,(H,22,23,24);3-4,6,8H,1-2,5H2,(H,22,24,25). The number of hydrogen-bond donors (Lipinski definition) is 2. The van der Waals surface area contributed by atoms with Gasteiger partial charge in [0.05, 0.1) is 32.9 Å². The summed E-state index contributed by atoms with van der Waals surface area (Å²) in [7, 11) is 1.57. The van der Waals surface area contributed by atoms with Crippen LogP contribution < -0.4 is 15.4 Å². The van der Waals surface area contributed by atoms with E-state index in [0.717, 1.165) is 31.2 Å². The van der Waals surface area contributed by atoms with E-state index in [0.29, 0.717) is 23.4 Å². The molecule has 12 nitrogen and oxygen atoms in total. The molecule has 2 aliphatic rings. The number of fused-ring (bicyclic) bond motifs is 2. The highest BCUT2D eigenvalue weighted by molar-refractivity contribution is 6.32. The van der Waals surface area contributed by atoms with Gasteiger partial charge in [0.2, 0.25) is 11.6 Å². The van der Waals surface area contributed by atoms with Crippen molar-refractivity contribution in [2.24, 2.45) is 0 Å². The number of rotatable bonds is 9. The first-order valence-electron chi connectivity index (χ1n) is 15.8. The molecule has 0 bridgehead atoms. The number of imidazole rings is 2. The van der Waals surface area contributed by atoms with Crippen LogP contribution in [0.3, 0.4) is 0 Å². The maximum Gasteiger partial charge on any atom is 0.451 e. The highest BCUT2D eigenvalue weighted by atomic mass is 35.5. The van der Waals surface area contributed by atoms with Gasteiger partial charge in [0.15, 0.2) is 22.9 Å². The second-order valence-electron chi connectivity index (χ2n) is 12.2. The predicted octanol–water partition coefficient (Wildman–Crippen LogP) is 7.65. The minimum Gasteiger partial charge on any atom is -0.497 e. The van der Waals surface area contributed by atoms with Crippen LogP contribution in [0.2, 0.25) is 10.3 Å². The fraction of sp³-hybridized carbons (Fsp3) is 0.344. The molecule has 0 saturated heterocycles. The van der Waals surface area contributed by atoms with Gasteiger partial charge in [0.25, 0.3) is 0 Å². The van der Waals surface area contributed by atoms with Crippen LogP contribution in [0.15, 0.2) is 49.1 Å². The van der Waals surface area contributed by atoms with E-state index < -0.39 is 24.0 Å². The molecule has 0 aliphatic heterocycles. The third-order valence-corrected chi connectivity index (χ3v) is 8.35. The third-order valence-electron chi connectivity index (χ3n) is 7.96. The molecule has 1 aromatic carbocycles. The van der Waals surface area contributed by atoms with Gasteiger partial charge in [-0.2, -0.15) is 26.3 Å². The lowest BCUT2D eigenvalue weighted by Gasteiger charge is -2.11. The average Bonchev–Trinajstić information content (AvgIpc) is 4.00. The van der Waals surface area contributed by atoms with Crippen LogP contribution in [0.25, 0.3) is 22.3 Å². The first-order chi connectivity index (χ1) is 24.7. The molecule has 0 amide bonds. The van der Waals surface area contributed by atoms with Crippen molar-refractivity contribution in [3.8, 4) is 5.75 Å². The molecule has 2 fully saturated rings. The highest BCUT2D eigenvalue weighted by Gasteiger charge is 2.38. The Morgan fingerprint density at radius 1 is 0.673 bits per heavy atom. The van der Waals surface area contributed by atoms with Gasteiger partial charge in [0, 0.05) is 12.1 Å². The van der Waals surface area contributed by atoms with E-state index in [1.807, 2.05) is 12.1 Å². The van der Waals surface area contributed by atoms with Crippen molar-refractivity contribution >= 4 is 57.2 Å². The fourth-order valence-electron chi connectivity index (χ4n) is 5.15. The van der Waals surface area contributed by atoms with Crippen LogP contribution >= 0.6 is 23.2 Å². The summed E-state index contributed by atoms with van der Waals surface area (Å²) in [4.78, 5) is 27.0. The zero-order chi connectivity index (χ0) is 36.8. The van der Waals surface area contributed by atoms with Gasteiger partial charge in [0.1, 0.15) is 27.1 Å². The predicted molar refractivity (Wildman–Crippen MR) is 179 cm³/mol. The number of hydrogen-bond acceptors (Lipinski definition) is 10. The van der Waals surface area contributed by atoms with Crippen molar-refractivity contribution in [2.75, 3.05) is 17.7 Å². The van der Waals surface area contributed by atoms with E-state index in [1.165, 1.54) is 17.2 Å². The summed E-state index contributed by atoms with van der Waals surface area (Å²) >= 11 is 11.8. The molecule has 5 aromatic heterocycles. The smallest absolute Gasteiger partial charge is 0.451 e. The summed E-state index contributed by atoms with van der Waals surface area (Å²) in [5.41, 5.74) is 2.44. The summed E-state index contributed by atoms with van der Waals surface area (Å²) in [5.74, 6) is -1.43. The Morgan fingerprint density at radius 2 is 1.12 bits per heavy atom. The van der Waals surface area contributed by atoms with Gasteiger partial charge in [-0.15, -0.1) is 0 Å². The molecule has 0 spiro atoms. The zero-order valence-corrected chi connectivity index (χ0v) is 28.5. The number of pyridine rings is 1. The van der Waals surface area contributed by atoms with Crippen molar-refractivity contribution in [3.05, 3.63) is 82.1 Å². The largest absolute Gasteiger partial charge is 0.497 e. The Kier molecular flexibility index (Phi) is 9.45. The number of alkyl halides is 6. The molecule has 6 aromatic rings. The molecule has 2 aliphatic carbocycles. The quantitative estimate of drug-likeness (QED) is 0.112. The number of aromatic nitrogens is 9. The van der Waals surface area contributed by atoms with Crippen LogP contribution in [0.4, 0.5) is 38.0 Å². The van der Waals surface area contributed by atoms with E-state index in [1.54, 1.807) is 35.9 Å². The summed E-state index contributed by atoms with van der Waals surface area (Å²) in [6, 6.07) is 10.7. The molecule has 5 heterocycles. The molecule has 0 radical (unpaired) electrons. The van der Waals surface area contributed by atoms with Crippen molar-refractivity contribution in [1.82, 2.24) is 44.0 Å². The molecule has 0 atom stereocenters. The second kappa shape index (κ2) is 13.9. The van der Waals surface area contributed by atoms with Crippen LogP contribution in [-0.2, 0) is 25.4 Å². The minimum atomic E-state index is -4.66. The number of ether oxygens (including phenoxy) is 1. The molecule has 272 valence electrons. The van der Waals surface area contributed by atoms with Crippen LogP contribution in [0.5, 0.6) is 5.75 Å². The van der Waals surface area contributed by atoms with Crippen molar-refractivity contribution in [1.29, 1.82) is 0 Å². The van der Waals surface area contributed by atoms with Crippen LogP contribution in [-0.4, -0.2) is 63.2 Å². The number of benzene rings is 1. The second-order valence-corrected chi connectivity index (χ2v) is 13.0. The Balaban J connectivity index is 0.000000162. The SMILES string of the molecule is COc1ccc(Cn2cnc3c(NC4CC4)nc(C(F)(F)F)nc32)cc1.FC(F)(F)c1nc(NC2CC2)c2ncn(Cc3cc(Cl)nc(Cl)c3)c2n1. The lowest BCUT2D eigenvalue weighted by molar-refractivity contribution is -0.145. The Labute approximate surface area is 300 Å². The molecule has 2 N–H and O–H groups in total. The van der Waals surface area contributed by atoms with E-state index >= 15 is 0 Å². The molecular formula is C32H27Cl2F6N11O. The maximum atomic E-state index is 13.2. The number of halogens is 8. The van der Waals surface area contributed by atoms with E-state index in [9.17, 15) is 26.3 Å². The number of nitrogens with one attached hydrogen (secondary N) is 2. The lowest BCUT2D eigenvalue weighted by atomic mass is 10.2. The van der Waals surface area contributed by atoms with Gasteiger partial charge in [-0.3, -0.25) is 0 Å². The maximum absolute atomic E-state index is 13.2. The van der Waals surface area contributed by atoms with Gasteiger partial charge in [-0.1, -0.05) is 35.3 Å². The minimum absolute atomic E-state index is 0.0829. The highest BCUT2D eigenvalue weighted by Crippen LogP contribution is 2.34. The Morgan fingerprint density at radius 3 is 1.52 bits per heavy atom. The number of nitrogens with zero attached hydrogens (tertiary/aromatic N) is 9. The summed E-state index contributed by atoms with van der Waals surface area (Å²) < 4.78 is 87.4. The number of anilines is 2. The molecular weight excluding hydrogens is 739 g/mol. The summed E-state index contributed by atoms with van der Waals surface area (Å²) in [5, 5.41) is 6.39. The molecule has 2 saturated carbocycles. The first kappa shape index (κ1) is 35.4. The van der Waals surface area contributed by atoms with Crippen molar-refractivity contribution < 1.29 is 31.1 Å². The van der Waals surface area contributed by atoms with Crippen molar-refractivity contribution in [2.45, 2.75) is 63.2 Å². The number of methoxy groups -OCH3 is 1. The fourth-order valence-corrected chi connectivity index (χ4v) is 5.65.